The maximum absolute atomic E-state index is 8.63. The summed E-state index contributed by atoms with van der Waals surface area (Å²) >= 11 is -42.1. The molecule has 0 spiro atoms. The van der Waals surface area contributed by atoms with E-state index in [-0.39, 0.29) is 40.8 Å². The van der Waals surface area contributed by atoms with Crippen molar-refractivity contribution in [1.82, 2.24) is 0 Å². The van der Waals surface area contributed by atoms with Crippen LogP contribution in [0.2, 0.25) is 0 Å². The average Bonchev–Trinajstić information content (AvgIpc) is 2.06. The van der Waals surface area contributed by atoms with Crippen molar-refractivity contribution in [2.45, 2.75) is 0 Å². The third-order valence-electron chi connectivity index (χ3n) is 0. The Labute approximate surface area is 254 Å². The molecule has 0 amide bonds. The van der Waals surface area contributed by atoms with E-state index in [1.54, 1.807) is 0 Å². The molecule has 0 atom stereocenters. The first-order valence-corrected chi connectivity index (χ1v) is 27.6. The summed E-state index contributed by atoms with van der Waals surface area (Å²) in [6.07, 6.45) is 0. The zero-order valence-electron chi connectivity index (χ0n) is 15.0. The van der Waals surface area contributed by atoms with Crippen LogP contribution in [-0.4, -0.2) is 0 Å². The Morgan fingerprint density at radius 3 is 0.189 bits per heavy atom. The van der Waals surface area contributed by atoms with Gasteiger partial charge in [0.1, 0.15) is 0 Å². The standard InChI is InChI=1S/7Mo.28O.2Re/q;;;;;;;;;;;;;;;;;;;;;14*-1;2*+7. The van der Waals surface area contributed by atoms with E-state index in [0.29, 0.717) is 0 Å². The fourth-order valence-corrected chi connectivity index (χ4v) is 0. The van der Waals surface area contributed by atoms with Crippen molar-refractivity contribution in [2.75, 3.05) is 0 Å². The van der Waals surface area contributed by atoms with Crippen molar-refractivity contribution in [1.29, 1.82) is 0 Å². The van der Waals surface area contributed by atoms with Crippen molar-refractivity contribution in [3.8, 4) is 0 Å². The third-order valence-corrected chi connectivity index (χ3v) is 0. The quantitative estimate of drug-likeness (QED) is 0.203. The number of rotatable bonds is 0. The molecule has 0 N–H and O–H groups in total. The molecule has 28 nitrogen and oxygen atoms in total. The van der Waals surface area contributed by atoms with Crippen LogP contribution in [0.15, 0.2) is 0 Å². The van der Waals surface area contributed by atoms with E-state index < -0.39 is 117 Å². The molecule has 0 aliphatic heterocycles. The van der Waals surface area contributed by atoms with Crippen LogP contribution in [0.25, 0.3) is 0 Å². The van der Waals surface area contributed by atoms with Crippen molar-refractivity contribution < 1.29 is 258 Å². The molecule has 0 unspecified atom stereocenters. The summed E-state index contributed by atoms with van der Waals surface area (Å²) in [7, 11) is 0. The van der Waals surface area contributed by atoms with Gasteiger partial charge in [0, 0.05) is 0 Å². The minimum atomic E-state index is -6.02. The normalized spacial score (nSPS) is 11.0. The van der Waals surface area contributed by atoms with E-state index in [9.17, 15) is 0 Å². The molecule has 0 saturated carbocycles. The molecule has 0 rings (SSSR count). The predicted octanol–water partition coefficient (Wildman–Crippen LogP) is -18.3. The summed E-state index contributed by atoms with van der Waals surface area (Å²) in [6, 6.07) is 0. The monoisotopic (exact) mass is 1510 g/mol. The molecule has 0 bridgehead atoms. The Kier molecular flexibility index (Phi) is 47.1. The molecule has 37 heteroatoms. The molecule has 0 aromatic rings. The van der Waals surface area contributed by atoms with E-state index in [1.807, 2.05) is 0 Å². The second-order valence-electron chi connectivity index (χ2n) is 2.86. The van der Waals surface area contributed by atoms with Gasteiger partial charge in [-0.15, -0.1) is 0 Å². The van der Waals surface area contributed by atoms with Gasteiger partial charge in [-0.3, -0.25) is 0 Å². The minimum Gasteiger partial charge on any atom is 7.00 e. The van der Waals surface area contributed by atoms with Crippen LogP contribution >= 0.6 is 0 Å². The Balaban J connectivity index is -0.0000000350. The van der Waals surface area contributed by atoms with Crippen LogP contribution in [-0.2, 0) is 206 Å². The van der Waals surface area contributed by atoms with Gasteiger partial charge in [0.15, 0.2) is 0 Å². The molecule has 0 aliphatic carbocycles. The van der Waals surface area contributed by atoms with Crippen LogP contribution in [0.3, 0.4) is 0 Å². The summed E-state index contributed by atoms with van der Waals surface area (Å²) in [5.74, 6) is 0. The first-order valence-electron chi connectivity index (χ1n) is 4.67. The van der Waals surface area contributed by atoms with Crippen LogP contribution < -0.4 is 52.6 Å². The smallest absolute Gasteiger partial charge is 7.00 e. The van der Waals surface area contributed by atoms with Crippen molar-refractivity contribution in [2.24, 2.45) is 0 Å². The van der Waals surface area contributed by atoms with Gasteiger partial charge in [-0.1, -0.05) is 0 Å². The third kappa shape index (κ3) is 6780. The maximum Gasteiger partial charge on any atom is 7.00 e. The van der Waals surface area contributed by atoms with Crippen LogP contribution in [0.4, 0.5) is 0 Å². The Morgan fingerprint density at radius 2 is 0.189 bits per heavy atom. The first kappa shape index (κ1) is 63.1. The van der Waals surface area contributed by atoms with Gasteiger partial charge in [-0.05, 0) is 0 Å². The van der Waals surface area contributed by atoms with Crippen molar-refractivity contribution in [3.63, 3.8) is 0 Å². The van der Waals surface area contributed by atoms with Crippen LogP contribution in [0.5, 0.6) is 0 Å². The molecule has 37 heavy (non-hydrogen) atoms. The number of hydrogen-bond donors (Lipinski definition) is 0. The van der Waals surface area contributed by atoms with Crippen molar-refractivity contribution >= 4 is 0 Å². The molecular formula is Mo7O28Re2. The minimum absolute atomic E-state index is 0. The van der Waals surface area contributed by atoms with Gasteiger partial charge in [-0.2, -0.15) is 0 Å². The Hall–Kier alpha value is 2.78. The van der Waals surface area contributed by atoms with Crippen molar-refractivity contribution in [3.05, 3.63) is 0 Å². The molecule has 0 aromatic heterocycles. The fourth-order valence-electron chi connectivity index (χ4n) is 0. The number of hydrogen-bond acceptors (Lipinski definition) is 28. The maximum atomic E-state index is 8.63. The predicted molar refractivity (Wildman–Crippen MR) is 9.61 cm³/mol. The Morgan fingerprint density at radius 1 is 0.189 bits per heavy atom. The van der Waals surface area contributed by atoms with Crippen LogP contribution in [0.1, 0.15) is 0 Å². The summed E-state index contributed by atoms with van der Waals surface area (Å²) in [6.45, 7) is 0. The average molecular weight is 1490 g/mol. The van der Waals surface area contributed by atoms with Gasteiger partial charge >= 0.3 is 258 Å². The Bertz CT molecular complexity index is 914. The van der Waals surface area contributed by atoms with Gasteiger partial charge in [-0.25, -0.2) is 0 Å². The molecule has 224 valence electrons. The SMILES string of the molecule is [O]=[Mo](=[O])([O-])[O-].[O]=[Mo](=[O])([O-])[O-].[O]=[Mo](=[O])([O-])[O-].[O]=[Mo](=[O])([O-])[O-].[O]=[Mo](=[O])([O-])[O-].[O]=[Mo](=[O])([O-])[O-].[O]=[Mo](=[O])([O-])[O-].[Re+7].[Re+7]. The summed E-state index contributed by atoms with van der Waals surface area (Å²) in [5, 5.41) is 0. The van der Waals surface area contributed by atoms with E-state index in [1.165, 1.54) is 0 Å². The van der Waals surface area contributed by atoms with Gasteiger partial charge in [0.25, 0.3) is 0 Å². The van der Waals surface area contributed by atoms with E-state index in [0.717, 1.165) is 0 Å². The summed E-state index contributed by atoms with van der Waals surface area (Å²) in [5.41, 5.74) is 0. The molecule has 0 aliphatic rings. The van der Waals surface area contributed by atoms with E-state index in [4.69, 9.17) is 100 Å². The van der Waals surface area contributed by atoms with Gasteiger partial charge in [0.2, 0.25) is 0 Å². The van der Waals surface area contributed by atoms with Crippen LogP contribution in [0, 0.1) is 0 Å². The van der Waals surface area contributed by atoms with E-state index >= 15 is 0 Å². The fraction of sp³-hybridized carbons (Fsp3) is 0. The molecule has 0 heterocycles. The zero-order chi connectivity index (χ0) is 31.5. The van der Waals surface area contributed by atoms with Gasteiger partial charge < -0.3 is 0 Å². The summed E-state index contributed by atoms with van der Waals surface area (Å²) < 4.78 is 242. The zero-order valence-corrected chi connectivity index (χ0v) is 34.5. The second kappa shape index (κ2) is 27.6. The largest absolute Gasteiger partial charge is 7.00 e. The second-order valence-corrected chi connectivity index (χ2v) is 16.9. The molecule has 0 fully saturated rings. The van der Waals surface area contributed by atoms with Gasteiger partial charge in [0.05, 0.1) is 0 Å². The topological polar surface area (TPSA) is 562 Å². The summed E-state index contributed by atoms with van der Waals surface area (Å²) in [4.78, 5) is 0. The molecule has 0 aromatic carbocycles. The van der Waals surface area contributed by atoms with E-state index in [2.05, 4.69) is 0 Å². The molecule has 0 radical (unpaired) electrons. The molecular weight excluding hydrogens is 1490 g/mol. The first-order chi connectivity index (χ1) is 14.0. The molecule has 0 saturated heterocycles.